The van der Waals surface area contributed by atoms with Crippen molar-refractivity contribution < 1.29 is 23.0 Å². The number of nitrogens with zero attached hydrogens (tertiary/aromatic N) is 1. The van der Waals surface area contributed by atoms with Crippen LogP contribution in [0.2, 0.25) is 0 Å². The van der Waals surface area contributed by atoms with E-state index < -0.39 is 18.8 Å². The van der Waals surface area contributed by atoms with Crippen molar-refractivity contribution in [3.05, 3.63) is 24.3 Å². The van der Waals surface area contributed by atoms with Gasteiger partial charge < -0.3 is 15.6 Å². The Morgan fingerprint density at radius 2 is 1.90 bits per heavy atom. The minimum atomic E-state index is -4.30. The first-order valence-corrected chi connectivity index (χ1v) is 6.65. The average Bonchev–Trinajstić information content (AvgIpc) is 2.35. The summed E-state index contributed by atoms with van der Waals surface area (Å²) in [7, 11) is 0. The van der Waals surface area contributed by atoms with Crippen LogP contribution in [0.5, 0.6) is 5.75 Å². The minimum absolute atomic E-state index is 0.116. The summed E-state index contributed by atoms with van der Waals surface area (Å²) in [5, 5.41) is 9.84. The molecular formula is C14H21F3N2O2. The van der Waals surface area contributed by atoms with Crippen molar-refractivity contribution in [2.75, 3.05) is 25.4 Å². The van der Waals surface area contributed by atoms with Gasteiger partial charge in [-0.15, -0.1) is 0 Å². The van der Waals surface area contributed by atoms with E-state index in [1.165, 1.54) is 0 Å². The number of nitrogen functional groups attached to an aromatic ring is 1. The van der Waals surface area contributed by atoms with Gasteiger partial charge in [0.05, 0.1) is 12.2 Å². The second-order valence-electron chi connectivity index (χ2n) is 5.14. The number of para-hydroxylation sites is 2. The summed E-state index contributed by atoms with van der Waals surface area (Å²) in [6.07, 6.45) is -5.33. The second-order valence-corrected chi connectivity index (χ2v) is 5.14. The summed E-state index contributed by atoms with van der Waals surface area (Å²) in [6, 6.07) is 6.41. The maximum atomic E-state index is 12.4. The Kier molecular flexibility index (Phi) is 6.29. The summed E-state index contributed by atoms with van der Waals surface area (Å²) in [5.74, 6) is 0.406. The molecule has 0 fully saturated rings. The Labute approximate surface area is 122 Å². The first kappa shape index (κ1) is 17.6. The molecule has 7 heteroatoms. The quantitative estimate of drug-likeness (QED) is 0.759. The monoisotopic (exact) mass is 306 g/mol. The van der Waals surface area contributed by atoms with E-state index in [4.69, 9.17) is 10.5 Å². The lowest BCUT2D eigenvalue weighted by atomic mass is 10.2. The molecule has 3 N–H and O–H groups in total. The third-order valence-electron chi connectivity index (χ3n) is 2.91. The van der Waals surface area contributed by atoms with Gasteiger partial charge in [0, 0.05) is 12.6 Å². The van der Waals surface area contributed by atoms with E-state index in [1.54, 1.807) is 38.1 Å². The fourth-order valence-electron chi connectivity index (χ4n) is 1.81. The number of hydrogen-bond donors (Lipinski definition) is 2. The van der Waals surface area contributed by atoms with Crippen LogP contribution in [-0.4, -0.2) is 48.0 Å². The summed E-state index contributed by atoms with van der Waals surface area (Å²) >= 11 is 0. The number of hydrogen-bond acceptors (Lipinski definition) is 4. The SMILES string of the molecule is CC(C)N(CC(O)COc1ccccc1N)CC(F)(F)F. The first-order valence-electron chi connectivity index (χ1n) is 6.65. The van der Waals surface area contributed by atoms with Gasteiger partial charge in [0.1, 0.15) is 18.5 Å². The highest BCUT2D eigenvalue weighted by Crippen LogP contribution is 2.21. The largest absolute Gasteiger partial charge is 0.489 e. The Morgan fingerprint density at radius 3 is 2.43 bits per heavy atom. The molecule has 0 bridgehead atoms. The molecule has 0 saturated heterocycles. The zero-order valence-corrected chi connectivity index (χ0v) is 12.1. The molecule has 0 spiro atoms. The second kappa shape index (κ2) is 7.51. The van der Waals surface area contributed by atoms with Gasteiger partial charge in [-0.3, -0.25) is 4.90 Å². The topological polar surface area (TPSA) is 58.7 Å². The highest BCUT2D eigenvalue weighted by atomic mass is 19.4. The molecule has 0 aliphatic rings. The van der Waals surface area contributed by atoms with Gasteiger partial charge in [-0.25, -0.2) is 0 Å². The Hall–Kier alpha value is -1.47. The number of anilines is 1. The van der Waals surface area contributed by atoms with Crippen molar-refractivity contribution in [3.8, 4) is 5.75 Å². The van der Waals surface area contributed by atoms with Crippen LogP contribution in [0.1, 0.15) is 13.8 Å². The van der Waals surface area contributed by atoms with Gasteiger partial charge >= 0.3 is 6.18 Å². The number of halogens is 3. The van der Waals surface area contributed by atoms with Crippen molar-refractivity contribution in [1.82, 2.24) is 4.90 Å². The van der Waals surface area contributed by atoms with Gasteiger partial charge in [0.2, 0.25) is 0 Å². The van der Waals surface area contributed by atoms with Crippen LogP contribution < -0.4 is 10.5 Å². The fraction of sp³-hybridized carbons (Fsp3) is 0.571. The van der Waals surface area contributed by atoms with Crippen molar-refractivity contribution in [1.29, 1.82) is 0 Å². The van der Waals surface area contributed by atoms with Gasteiger partial charge in [-0.1, -0.05) is 12.1 Å². The van der Waals surface area contributed by atoms with Crippen molar-refractivity contribution in [2.24, 2.45) is 0 Å². The van der Waals surface area contributed by atoms with Crippen molar-refractivity contribution in [3.63, 3.8) is 0 Å². The molecule has 0 aliphatic carbocycles. The van der Waals surface area contributed by atoms with Gasteiger partial charge in [0.15, 0.2) is 0 Å². The van der Waals surface area contributed by atoms with Crippen LogP contribution in [0, 0.1) is 0 Å². The number of alkyl halides is 3. The summed E-state index contributed by atoms with van der Waals surface area (Å²) in [5.41, 5.74) is 6.09. The van der Waals surface area contributed by atoms with Gasteiger partial charge in [-0.2, -0.15) is 13.2 Å². The third kappa shape index (κ3) is 6.68. The van der Waals surface area contributed by atoms with Crippen LogP contribution in [0.15, 0.2) is 24.3 Å². The van der Waals surface area contributed by atoms with E-state index >= 15 is 0 Å². The van der Waals surface area contributed by atoms with Crippen LogP contribution in [0.3, 0.4) is 0 Å². The molecule has 1 rings (SSSR count). The Morgan fingerprint density at radius 1 is 1.29 bits per heavy atom. The predicted octanol–water partition coefficient (Wildman–Crippen LogP) is 2.28. The lowest BCUT2D eigenvalue weighted by molar-refractivity contribution is -0.152. The molecule has 0 heterocycles. The summed E-state index contributed by atoms with van der Waals surface area (Å²) in [4.78, 5) is 1.16. The summed E-state index contributed by atoms with van der Waals surface area (Å²) in [6.45, 7) is 2.00. The Bertz CT molecular complexity index is 438. The lowest BCUT2D eigenvalue weighted by Gasteiger charge is -2.29. The fourth-order valence-corrected chi connectivity index (χ4v) is 1.81. The molecule has 0 amide bonds. The molecule has 0 radical (unpaired) electrons. The normalized spacial score (nSPS) is 13.7. The van der Waals surface area contributed by atoms with Crippen LogP contribution >= 0.6 is 0 Å². The number of aliphatic hydroxyl groups excluding tert-OH is 1. The number of rotatable bonds is 7. The number of aliphatic hydroxyl groups is 1. The van der Waals surface area contributed by atoms with E-state index in [1.807, 2.05) is 0 Å². The first-order chi connectivity index (χ1) is 9.69. The average molecular weight is 306 g/mol. The van der Waals surface area contributed by atoms with Crippen molar-refractivity contribution in [2.45, 2.75) is 32.2 Å². The lowest BCUT2D eigenvalue weighted by Crippen LogP contribution is -2.44. The molecule has 1 atom stereocenters. The van der Waals surface area contributed by atoms with Gasteiger partial charge in [0.25, 0.3) is 0 Å². The molecule has 120 valence electrons. The highest BCUT2D eigenvalue weighted by molar-refractivity contribution is 5.51. The summed E-state index contributed by atoms with van der Waals surface area (Å²) < 4.78 is 42.7. The van der Waals surface area contributed by atoms with E-state index in [9.17, 15) is 18.3 Å². The van der Waals surface area contributed by atoms with Gasteiger partial charge in [-0.05, 0) is 26.0 Å². The van der Waals surface area contributed by atoms with E-state index in [0.717, 1.165) is 4.90 Å². The van der Waals surface area contributed by atoms with Crippen molar-refractivity contribution >= 4 is 5.69 Å². The smallest absolute Gasteiger partial charge is 0.401 e. The van der Waals surface area contributed by atoms with E-state index in [-0.39, 0.29) is 19.2 Å². The number of benzene rings is 1. The molecule has 0 aliphatic heterocycles. The molecule has 4 nitrogen and oxygen atoms in total. The van der Waals surface area contributed by atoms with Crippen LogP contribution in [-0.2, 0) is 0 Å². The third-order valence-corrected chi connectivity index (χ3v) is 2.91. The minimum Gasteiger partial charge on any atom is -0.489 e. The standard InChI is InChI=1S/C14H21F3N2O2/c1-10(2)19(9-14(15,16)17)7-11(20)8-21-13-6-4-3-5-12(13)18/h3-6,10-11,20H,7-9,18H2,1-2H3. The molecule has 0 aromatic heterocycles. The maximum Gasteiger partial charge on any atom is 0.401 e. The van der Waals surface area contributed by atoms with E-state index in [0.29, 0.717) is 11.4 Å². The van der Waals surface area contributed by atoms with Crippen LogP contribution in [0.4, 0.5) is 18.9 Å². The molecule has 21 heavy (non-hydrogen) atoms. The molecule has 1 aromatic rings. The van der Waals surface area contributed by atoms with Crippen LogP contribution in [0.25, 0.3) is 0 Å². The van der Waals surface area contributed by atoms with E-state index in [2.05, 4.69) is 0 Å². The zero-order chi connectivity index (χ0) is 16.0. The predicted molar refractivity (Wildman–Crippen MR) is 75.1 cm³/mol. The molecule has 1 unspecified atom stereocenters. The number of nitrogens with two attached hydrogens (primary N) is 1. The molecule has 0 saturated carbocycles. The molecule has 1 aromatic carbocycles. The zero-order valence-electron chi connectivity index (χ0n) is 12.1. The Balaban J connectivity index is 2.51. The maximum absolute atomic E-state index is 12.4. The number of ether oxygens (including phenoxy) is 1. The molecular weight excluding hydrogens is 285 g/mol. The highest BCUT2D eigenvalue weighted by Gasteiger charge is 2.32.